The largest absolute Gasteiger partial charge is 0.497 e. The van der Waals surface area contributed by atoms with Crippen LogP contribution in [0, 0.1) is 11.3 Å². The zero-order valence-corrected chi connectivity index (χ0v) is 21.9. The van der Waals surface area contributed by atoms with E-state index >= 15 is 0 Å². The molecule has 3 aromatic carbocycles. The molecule has 8 heteroatoms. The molecule has 0 aromatic heterocycles. The quantitative estimate of drug-likeness (QED) is 0.274. The highest BCUT2D eigenvalue weighted by Crippen LogP contribution is 2.33. The molecule has 1 heterocycles. The maximum Gasteiger partial charge on any atom is 0.271 e. The third kappa shape index (κ3) is 5.72. The maximum atomic E-state index is 13.4. The van der Waals surface area contributed by atoms with Crippen LogP contribution in [0.25, 0.3) is 6.08 Å². The Hall–Kier alpha value is -4.54. The van der Waals surface area contributed by atoms with Crippen molar-refractivity contribution in [1.29, 1.82) is 5.26 Å². The van der Waals surface area contributed by atoms with E-state index < -0.39 is 11.8 Å². The van der Waals surface area contributed by atoms with Gasteiger partial charge in [-0.2, -0.15) is 5.26 Å². The molecular formula is C30H25ClN2O5. The van der Waals surface area contributed by atoms with Crippen molar-refractivity contribution in [1.82, 2.24) is 4.90 Å². The molecule has 0 aliphatic carbocycles. The smallest absolute Gasteiger partial charge is 0.271 e. The first-order valence-corrected chi connectivity index (χ1v) is 12.1. The Morgan fingerprint density at radius 1 is 0.895 bits per heavy atom. The molecule has 0 fully saturated rings. The Kier molecular flexibility index (Phi) is 8.15. The highest BCUT2D eigenvalue weighted by molar-refractivity contribution is 6.30. The van der Waals surface area contributed by atoms with Crippen LogP contribution in [-0.4, -0.2) is 30.9 Å². The average molecular weight is 529 g/mol. The van der Waals surface area contributed by atoms with Crippen molar-refractivity contribution in [2.24, 2.45) is 0 Å². The van der Waals surface area contributed by atoms with E-state index in [1.54, 1.807) is 74.7 Å². The molecule has 0 saturated carbocycles. The Morgan fingerprint density at radius 2 is 1.58 bits per heavy atom. The van der Waals surface area contributed by atoms with Crippen LogP contribution < -0.4 is 14.2 Å². The highest BCUT2D eigenvalue weighted by atomic mass is 35.5. The summed E-state index contributed by atoms with van der Waals surface area (Å²) in [6.07, 6.45) is 1.65. The van der Waals surface area contributed by atoms with Crippen LogP contribution in [0.4, 0.5) is 0 Å². The number of ether oxygens (including phenoxy) is 3. The van der Waals surface area contributed by atoms with Crippen molar-refractivity contribution < 1.29 is 23.8 Å². The summed E-state index contributed by atoms with van der Waals surface area (Å²) < 4.78 is 16.6. The molecule has 38 heavy (non-hydrogen) atoms. The standard InChI is InChI=1S/C30H25ClN2O5/c1-19-25(29(34)33(30(35)26(19)16-32)17-20-6-11-24(36-2)12-7-20)14-22-8-13-27(28(15-22)37-3)38-18-21-4-9-23(31)10-5-21/h4-15H,17-18H2,1-3H3/b25-14+. The Labute approximate surface area is 226 Å². The van der Waals surface area contributed by atoms with E-state index in [-0.39, 0.29) is 17.7 Å². The molecule has 0 saturated heterocycles. The number of benzene rings is 3. The lowest BCUT2D eigenvalue weighted by atomic mass is 9.93. The maximum absolute atomic E-state index is 13.4. The fourth-order valence-electron chi connectivity index (χ4n) is 3.99. The van der Waals surface area contributed by atoms with Gasteiger partial charge in [0.05, 0.1) is 20.8 Å². The van der Waals surface area contributed by atoms with Crippen LogP contribution in [-0.2, 0) is 22.7 Å². The second kappa shape index (κ2) is 11.7. The summed E-state index contributed by atoms with van der Waals surface area (Å²) in [5.41, 5.74) is 2.84. The third-order valence-corrected chi connectivity index (χ3v) is 6.38. The summed E-state index contributed by atoms with van der Waals surface area (Å²) in [6, 6.07) is 21.6. The van der Waals surface area contributed by atoms with Crippen molar-refractivity contribution >= 4 is 29.5 Å². The summed E-state index contributed by atoms with van der Waals surface area (Å²) in [5, 5.41) is 10.3. The van der Waals surface area contributed by atoms with Crippen molar-refractivity contribution in [2.45, 2.75) is 20.1 Å². The lowest BCUT2D eigenvalue weighted by Gasteiger charge is -2.27. The Balaban J connectivity index is 1.62. The van der Waals surface area contributed by atoms with Gasteiger partial charge in [-0.3, -0.25) is 14.5 Å². The third-order valence-electron chi connectivity index (χ3n) is 6.13. The van der Waals surface area contributed by atoms with Gasteiger partial charge >= 0.3 is 0 Å². The zero-order chi connectivity index (χ0) is 27.2. The number of carbonyl (C=O) groups excluding carboxylic acids is 2. The Morgan fingerprint density at radius 3 is 2.21 bits per heavy atom. The molecule has 0 bridgehead atoms. The summed E-state index contributed by atoms with van der Waals surface area (Å²) in [4.78, 5) is 27.5. The molecule has 1 aliphatic heterocycles. The molecule has 0 atom stereocenters. The summed E-state index contributed by atoms with van der Waals surface area (Å²) in [6.45, 7) is 1.95. The summed E-state index contributed by atoms with van der Waals surface area (Å²) in [5.74, 6) is 0.565. The number of methoxy groups -OCH3 is 2. The highest BCUT2D eigenvalue weighted by Gasteiger charge is 2.35. The molecular weight excluding hydrogens is 504 g/mol. The molecule has 7 nitrogen and oxygen atoms in total. The van der Waals surface area contributed by atoms with Crippen LogP contribution in [0.2, 0.25) is 5.02 Å². The first kappa shape index (κ1) is 26.5. The molecule has 0 N–H and O–H groups in total. The van der Waals surface area contributed by atoms with E-state index in [4.69, 9.17) is 25.8 Å². The Bertz CT molecular complexity index is 1470. The molecule has 192 valence electrons. The van der Waals surface area contributed by atoms with Gasteiger partial charge in [0.25, 0.3) is 11.8 Å². The predicted octanol–water partition coefficient (Wildman–Crippen LogP) is 5.73. The van der Waals surface area contributed by atoms with Crippen molar-refractivity contribution in [2.75, 3.05) is 14.2 Å². The van der Waals surface area contributed by atoms with Gasteiger partial charge in [-0.25, -0.2) is 0 Å². The second-order valence-corrected chi connectivity index (χ2v) is 8.98. The van der Waals surface area contributed by atoms with Gasteiger partial charge in [0.1, 0.15) is 24.0 Å². The zero-order valence-electron chi connectivity index (χ0n) is 21.2. The molecule has 1 aliphatic rings. The molecule has 0 spiro atoms. The number of imide groups is 1. The van der Waals surface area contributed by atoms with Crippen LogP contribution in [0.1, 0.15) is 23.6 Å². The first-order chi connectivity index (χ1) is 18.3. The fraction of sp³-hybridized carbons (Fsp3) is 0.167. The number of hydrogen-bond acceptors (Lipinski definition) is 6. The number of hydrogen-bond donors (Lipinski definition) is 0. The topological polar surface area (TPSA) is 88.9 Å². The minimum absolute atomic E-state index is 0.0260. The van der Waals surface area contributed by atoms with Gasteiger partial charge in [-0.1, -0.05) is 41.9 Å². The van der Waals surface area contributed by atoms with E-state index in [2.05, 4.69) is 0 Å². The van der Waals surface area contributed by atoms with Gasteiger partial charge in [0, 0.05) is 10.6 Å². The lowest BCUT2D eigenvalue weighted by Crippen LogP contribution is -2.42. The molecule has 4 rings (SSSR count). The van der Waals surface area contributed by atoms with Gasteiger partial charge in [-0.05, 0) is 71.7 Å². The monoisotopic (exact) mass is 528 g/mol. The average Bonchev–Trinajstić information content (AvgIpc) is 2.94. The number of halogens is 1. The van der Waals surface area contributed by atoms with Crippen molar-refractivity contribution in [3.63, 3.8) is 0 Å². The lowest BCUT2D eigenvalue weighted by molar-refractivity contribution is -0.141. The van der Waals surface area contributed by atoms with E-state index in [1.807, 2.05) is 18.2 Å². The second-order valence-electron chi connectivity index (χ2n) is 8.54. The number of carbonyl (C=O) groups is 2. The molecule has 2 amide bonds. The van der Waals surface area contributed by atoms with Crippen LogP contribution in [0.15, 0.2) is 83.4 Å². The van der Waals surface area contributed by atoms with E-state index in [0.717, 1.165) is 16.0 Å². The van der Waals surface area contributed by atoms with Gasteiger partial charge in [0.15, 0.2) is 11.5 Å². The van der Waals surface area contributed by atoms with Gasteiger partial charge in [0.2, 0.25) is 0 Å². The number of rotatable bonds is 8. The number of amides is 2. The van der Waals surface area contributed by atoms with Crippen molar-refractivity contribution in [3.05, 3.63) is 105 Å². The number of nitriles is 1. The van der Waals surface area contributed by atoms with Gasteiger partial charge < -0.3 is 14.2 Å². The minimum Gasteiger partial charge on any atom is -0.497 e. The van der Waals surface area contributed by atoms with Crippen LogP contribution in [0.3, 0.4) is 0 Å². The summed E-state index contributed by atoms with van der Waals surface area (Å²) in [7, 11) is 3.09. The van der Waals surface area contributed by atoms with E-state index in [0.29, 0.717) is 40.0 Å². The SMILES string of the molecule is COc1ccc(CN2C(=O)C(C#N)=C(C)/C(=C\c3ccc(OCc4ccc(Cl)cc4)c(OC)c3)C2=O)cc1. The van der Waals surface area contributed by atoms with Crippen molar-refractivity contribution in [3.8, 4) is 23.3 Å². The normalized spacial score (nSPS) is 14.5. The minimum atomic E-state index is -0.619. The van der Waals surface area contributed by atoms with Crippen LogP contribution in [0.5, 0.6) is 17.2 Å². The van der Waals surface area contributed by atoms with Crippen LogP contribution >= 0.6 is 11.6 Å². The predicted molar refractivity (Wildman–Crippen MR) is 144 cm³/mol. The fourth-order valence-corrected chi connectivity index (χ4v) is 4.11. The van der Waals surface area contributed by atoms with E-state index in [9.17, 15) is 14.9 Å². The molecule has 0 radical (unpaired) electrons. The first-order valence-electron chi connectivity index (χ1n) is 11.7. The number of nitrogens with zero attached hydrogens (tertiary/aromatic N) is 2. The molecule has 0 unspecified atom stereocenters. The summed E-state index contributed by atoms with van der Waals surface area (Å²) >= 11 is 5.94. The molecule has 3 aromatic rings. The van der Waals surface area contributed by atoms with Gasteiger partial charge in [-0.15, -0.1) is 0 Å². The van der Waals surface area contributed by atoms with E-state index in [1.165, 1.54) is 7.11 Å².